The van der Waals surface area contributed by atoms with Gasteiger partial charge >= 0.3 is 0 Å². The van der Waals surface area contributed by atoms with Crippen molar-refractivity contribution in [3.63, 3.8) is 0 Å². The van der Waals surface area contributed by atoms with Crippen LogP contribution in [0.15, 0.2) is 34.9 Å². The predicted molar refractivity (Wildman–Crippen MR) is 100 cm³/mol. The Hall–Kier alpha value is -2.74. The van der Waals surface area contributed by atoms with Gasteiger partial charge in [-0.05, 0) is 30.9 Å². The molecule has 2 aromatic rings. The number of benzene rings is 1. The maximum Gasteiger partial charge on any atom is 0.239 e. The molecule has 2 unspecified atom stereocenters. The van der Waals surface area contributed by atoms with Gasteiger partial charge in [0.25, 0.3) is 0 Å². The average molecular weight is 386 g/mol. The zero-order chi connectivity index (χ0) is 19.7. The molecule has 0 radical (unpaired) electrons. The van der Waals surface area contributed by atoms with Crippen LogP contribution in [-0.2, 0) is 9.59 Å². The predicted octanol–water partition coefficient (Wildman–Crippen LogP) is 2.01. The van der Waals surface area contributed by atoms with Crippen LogP contribution in [0, 0.1) is 18.7 Å². The van der Waals surface area contributed by atoms with Crippen LogP contribution in [0.2, 0.25) is 0 Å². The molecule has 1 N–H and O–H groups in total. The molecule has 2 heterocycles. The van der Waals surface area contributed by atoms with Crippen molar-refractivity contribution in [2.75, 3.05) is 38.0 Å². The lowest BCUT2D eigenvalue weighted by atomic mass is 10.1. The van der Waals surface area contributed by atoms with E-state index < -0.39 is 0 Å². The molecule has 2 aliphatic rings. The smallest absolute Gasteiger partial charge is 0.239 e. The third-order valence-corrected chi connectivity index (χ3v) is 5.36. The summed E-state index contributed by atoms with van der Waals surface area (Å²) in [7, 11) is 0. The monoisotopic (exact) mass is 386 g/mol. The first-order valence-electron chi connectivity index (χ1n) is 9.50. The van der Waals surface area contributed by atoms with E-state index in [0.29, 0.717) is 49.7 Å². The number of anilines is 1. The van der Waals surface area contributed by atoms with E-state index in [9.17, 15) is 14.0 Å². The van der Waals surface area contributed by atoms with Gasteiger partial charge in [-0.25, -0.2) is 4.39 Å². The fourth-order valence-electron chi connectivity index (χ4n) is 3.76. The molecule has 1 aromatic carbocycles. The van der Waals surface area contributed by atoms with Crippen LogP contribution in [0.4, 0.5) is 10.2 Å². The summed E-state index contributed by atoms with van der Waals surface area (Å²) in [4.78, 5) is 28.7. The van der Waals surface area contributed by atoms with Gasteiger partial charge in [-0.1, -0.05) is 23.4 Å². The molecule has 148 valence electrons. The molecule has 7 nitrogen and oxygen atoms in total. The molecule has 1 saturated carbocycles. The lowest BCUT2D eigenvalue weighted by molar-refractivity contribution is -0.134. The van der Waals surface area contributed by atoms with Crippen LogP contribution < -0.4 is 5.32 Å². The van der Waals surface area contributed by atoms with Crippen LogP contribution in [0.1, 0.15) is 23.7 Å². The summed E-state index contributed by atoms with van der Waals surface area (Å²) in [5.41, 5.74) is 0.638. The lowest BCUT2D eigenvalue weighted by Gasteiger charge is -2.34. The van der Waals surface area contributed by atoms with E-state index in [1.165, 1.54) is 6.07 Å². The summed E-state index contributed by atoms with van der Waals surface area (Å²) in [6.45, 7) is 4.43. The Morgan fingerprint density at radius 2 is 2.00 bits per heavy atom. The summed E-state index contributed by atoms with van der Waals surface area (Å²) in [6.07, 6.45) is 0.708. The fourth-order valence-corrected chi connectivity index (χ4v) is 3.76. The second-order valence-corrected chi connectivity index (χ2v) is 7.44. The molecule has 2 fully saturated rings. The quantitative estimate of drug-likeness (QED) is 0.851. The molecule has 1 aliphatic carbocycles. The third-order valence-electron chi connectivity index (χ3n) is 5.36. The van der Waals surface area contributed by atoms with Gasteiger partial charge in [0.15, 0.2) is 5.82 Å². The number of piperazine rings is 1. The highest BCUT2D eigenvalue weighted by Gasteiger charge is 2.47. The number of halogens is 1. The van der Waals surface area contributed by atoms with Gasteiger partial charge in [0.2, 0.25) is 11.8 Å². The second-order valence-electron chi connectivity index (χ2n) is 7.44. The highest BCUT2D eigenvalue weighted by Crippen LogP contribution is 2.49. The maximum absolute atomic E-state index is 13.9. The first-order chi connectivity index (χ1) is 13.5. The number of nitrogens with zero attached hydrogens (tertiary/aromatic N) is 3. The van der Waals surface area contributed by atoms with Gasteiger partial charge in [-0.15, -0.1) is 0 Å². The maximum atomic E-state index is 13.9. The molecule has 8 heteroatoms. The number of aromatic nitrogens is 1. The minimum atomic E-state index is -0.235. The van der Waals surface area contributed by atoms with Crippen LogP contribution >= 0.6 is 0 Å². The minimum absolute atomic E-state index is 0.0107. The lowest BCUT2D eigenvalue weighted by Crippen LogP contribution is -2.51. The normalized spacial score (nSPS) is 22.1. The molecule has 1 saturated heterocycles. The minimum Gasteiger partial charge on any atom is -0.360 e. The zero-order valence-electron chi connectivity index (χ0n) is 15.7. The van der Waals surface area contributed by atoms with E-state index in [-0.39, 0.29) is 36.0 Å². The molecule has 2 amide bonds. The highest BCUT2D eigenvalue weighted by molar-refractivity contribution is 5.91. The van der Waals surface area contributed by atoms with Gasteiger partial charge in [0, 0.05) is 38.2 Å². The van der Waals surface area contributed by atoms with Gasteiger partial charge in [-0.3, -0.25) is 14.5 Å². The van der Waals surface area contributed by atoms with E-state index in [2.05, 4.69) is 10.5 Å². The molecular weight excluding hydrogens is 363 g/mol. The van der Waals surface area contributed by atoms with Gasteiger partial charge in [0.05, 0.1) is 6.54 Å². The number of hydrogen-bond acceptors (Lipinski definition) is 5. The highest BCUT2D eigenvalue weighted by atomic mass is 19.1. The van der Waals surface area contributed by atoms with Crippen molar-refractivity contribution < 1.29 is 18.5 Å². The number of carbonyl (C=O) groups is 2. The summed E-state index contributed by atoms with van der Waals surface area (Å²) >= 11 is 0. The fraction of sp³-hybridized carbons (Fsp3) is 0.450. The Bertz CT molecular complexity index is 876. The molecule has 0 spiro atoms. The number of aryl methyl sites for hydroxylation is 1. The molecular formula is C20H23FN4O3. The number of carbonyl (C=O) groups excluding carboxylic acids is 2. The molecule has 1 aliphatic heterocycles. The van der Waals surface area contributed by atoms with Crippen molar-refractivity contribution >= 4 is 17.6 Å². The zero-order valence-corrected chi connectivity index (χ0v) is 15.7. The summed E-state index contributed by atoms with van der Waals surface area (Å²) in [5.74, 6) is 0.609. The van der Waals surface area contributed by atoms with Crippen molar-refractivity contribution in [1.82, 2.24) is 15.0 Å². The third kappa shape index (κ3) is 4.06. The van der Waals surface area contributed by atoms with Crippen LogP contribution in [0.5, 0.6) is 0 Å². The summed E-state index contributed by atoms with van der Waals surface area (Å²) in [6, 6.07) is 8.34. The van der Waals surface area contributed by atoms with Crippen LogP contribution in [0.3, 0.4) is 0 Å². The van der Waals surface area contributed by atoms with E-state index in [1.54, 1.807) is 25.1 Å². The second kappa shape index (κ2) is 7.71. The van der Waals surface area contributed by atoms with Gasteiger partial charge < -0.3 is 14.7 Å². The topological polar surface area (TPSA) is 78.7 Å². The van der Waals surface area contributed by atoms with Crippen molar-refractivity contribution in [1.29, 1.82) is 0 Å². The van der Waals surface area contributed by atoms with E-state index in [1.807, 2.05) is 15.9 Å². The molecule has 28 heavy (non-hydrogen) atoms. The molecule has 2 atom stereocenters. The van der Waals surface area contributed by atoms with Crippen LogP contribution in [-0.4, -0.2) is 59.5 Å². The Morgan fingerprint density at radius 3 is 2.68 bits per heavy atom. The van der Waals surface area contributed by atoms with Crippen molar-refractivity contribution in [2.45, 2.75) is 19.3 Å². The number of amides is 2. The van der Waals surface area contributed by atoms with Gasteiger partial charge in [0.1, 0.15) is 11.6 Å². The standard InChI is InChI=1S/C20H23FN4O3/c1-13-10-18(23-28-13)22-19(26)12-24-6-8-25(9-7-24)20(27)16-11-15(16)14-4-2-3-5-17(14)21/h2-5,10,15-16H,6-9,11-12H2,1H3,(H,22,23,26). The Labute approximate surface area is 162 Å². The Kier molecular flexibility index (Phi) is 5.13. The Morgan fingerprint density at radius 1 is 1.25 bits per heavy atom. The summed E-state index contributed by atoms with van der Waals surface area (Å²) in [5, 5.41) is 6.44. The van der Waals surface area contributed by atoms with Crippen LogP contribution in [0.25, 0.3) is 0 Å². The van der Waals surface area contributed by atoms with E-state index in [4.69, 9.17) is 4.52 Å². The van der Waals surface area contributed by atoms with Crippen molar-refractivity contribution in [2.24, 2.45) is 5.92 Å². The first kappa shape index (κ1) is 18.6. The van der Waals surface area contributed by atoms with E-state index >= 15 is 0 Å². The van der Waals surface area contributed by atoms with Crippen molar-refractivity contribution in [3.8, 4) is 0 Å². The number of rotatable bonds is 5. The summed E-state index contributed by atoms with van der Waals surface area (Å²) < 4.78 is 18.8. The first-order valence-corrected chi connectivity index (χ1v) is 9.50. The number of nitrogens with one attached hydrogen (secondary N) is 1. The van der Waals surface area contributed by atoms with Crippen molar-refractivity contribution in [3.05, 3.63) is 47.5 Å². The molecule has 0 bridgehead atoms. The number of hydrogen-bond donors (Lipinski definition) is 1. The average Bonchev–Trinajstić information content (AvgIpc) is 3.37. The van der Waals surface area contributed by atoms with E-state index in [0.717, 1.165) is 0 Å². The van der Waals surface area contributed by atoms with Gasteiger partial charge in [-0.2, -0.15) is 0 Å². The Balaban J connectivity index is 1.24. The largest absolute Gasteiger partial charge is 0.360 e. The SMILES string of the molecule is Cc1cc(NC(=O)CN2CCN(C(=O)C3CC3c3ccccc3F)CC2)no1. The molecule has 1 aromatic heterocycles. The molecule has 4 rings (SSSR count).